The summed E-state index contributed by atoms with van der Waals surface area (Å²) in [5.41, 5.74) is -0.703. The number of anilines is 2. The van der Waals surface area contributed by atoms with E-state index in [9.17, 15) is 14.3 Å². The Hall–Kier alpha value is -3.50. The van der Waals surface area contributed by atoms with Crippen LogP contribution in [0.1, 0.15) is 28.2 Å². The first kappa shape index (κ1) is 30.5. The van der Waals surface area contributed by atoms with Gasteiger partial charge in [-0.05, 0) is 59.1 Å². The Morgan fingerprint density at radius 3 is 2.46 bits per heavy atom. The molecule has 0 bridgehead atoms. The molecule has 0 spiro atoms. The predicted octanol–water partition coefficient (Wildman–Crippen LogP) is 5.32. The molecule has 41 heavy (non-hydrogen) atoms. The standard InChI is InChI=1S/C29H33ClF2N6O2.CH4/c1-7-22(40)37-12-17(3)38(13-16(37)2)27-18-11-19(30)23(24-20(31)9-8-10-21(24)39)25(32)26(18)33-28(34-27)36-14-29(4,15-36)35(5)6;/h7-11,16-17,39H,1,12-15H2,2-6H3;1H4/t16-,17+;/m1./s1. The highest BCUT2D eigenvalue weighted by Gasteiger charge is 2.43. The number of carbonyl (C=O) groups excluding carboxylic acids is 1. The molecule has 2 aliphatic heterocycles. The van der Waals surface area contributed by atoms with E-state index in [-0.39, 0.29) is 52.6 Å². The summed E-state index contributed by atoms with van der Waals surface area (Å²) in [5, 5.41) is 10.7. The summed E-state index contributed by atoms with van der Waals surface area (Å²) in [6.07, 6.45) is 1.30. The van der Waals surface area contributed by atoms with Crippen LogP contribution < -0.4 is 9.80 Å². The van der Waals surface area contributed by atoms with E-state index < -0.39 is 17.4 Å². The van der Waals surface area contributed by atoms with Crippen molar-refractivity contribution in [2.45, 2.75) is 45.8 Å². The van der Waals surface area contributed by atoms with Gasteiger partial charge >= 0.3 is 0 Å². The number of aromatic nitrogens is 2. The molecule has 5 rings (SSSR count). The first-order chi connectivity index (χ1) is 18.9. The second kappa shape index (κ2) is 11.1. The van der Waals surface area contributed by atoms with Crippen LogP contribution in [0, 0.1) is 11.6 Å². The van der Waals surface area contributed by atoms with Gasteiger partial charge in [-0.2, -0.15) is 4.98 Å². The maximum atomic E-state index is 16.4. The predicted molar refractivity (Wildman–Crippen MR) is 161 cm³/mol. The molecule has 3 aromatic rings. The Bertz CT molecular complexity index is 1490. The highest BCUT2D eigenvalue weighted by Crippen LogP contribution is 2.43. The van der Waals surface area contributed by atoms with Crippen molar-refractivity contribution in [3.63, 3.8) is 0 Å². The van der Waals surface area contributed by atoms with Crippen molar-refractivity contribution in [1.82, 2.24) is 19.8 Å². The zero-order valence-electron chi connectivity index (χ0n) is 23.2. The van der Waals surface area contributed by atoms with E-state index in [1.165, 1.54) is 24.3 Å². The van der Waals surface area contributed by atoms with Crippen molar-refractivity contribution >= 4 is 40.2 Å². The highest BCUT2D eigenvalue weighted by molar-refractivity contribution is 6.34. The second-order valence-electron chi connectivity index (χ2n) is 11.2. The third-order valence-corrected chi connectivity index (χ3v) is 8.53. The summed E-state index contributed by atoms with van der Waals surface area (Å²) in [6.45, 7) is 11.8. The summed E-state index contributed by atoms with van der Waals surface area (Å²) in [6, 6.07) is 4.97. The monoisotopic (exact) mass is 586 g/mol. The summed E-state index contributed by atoms with van der Waals surface area (Å²) in [7, 11) is 4.01. The topological polar surface area (TPSA) is 76.0 Å². The lowest BCUT2D eigenvalue weighted by Crippen LogP contribution is -2.67. The Labute approximate surface area is 244 Å². The average molecular weight is 587 g/mol. The molecular formula is C30H37ClF2N6O2. The van der Waals surface area contributed by atoms with Crippen LogP contribution in [-0.4, -0.2) is 88.7 Å². The molecule has 0 aliphatic carbocycles. The quantitative estimate of drug-likeness (QED) is 0.405. The minimum absolute atomic E-state index is 0. The number of piperazine rings is 1. The van der Waals surface area contributed by atoms with E-state index in [4.69, 9.17) is 16.6 Å². The molecule has 11 heteroatoms. The fraction of sp³-hybridized carbons (Fsp3) is 0.433. The SMILES string of the molecule is C.C=CC(=O)N1C[C@H](C)N(c2nc(N3CC(C)(N(C)C)C3)nc3c(F)c(-c4c(O)cccc4F)c(Cl)cc23)C[C@H]1C. The summed E-state index contributed by atoms with van der Waals surface area (Å²) in [4.78, 5) is 29.9. The first-order valence-corrected chi connectivity index (χ1v) is 13.5. The lowest BCUT2D eigenvalue weighted by molar-refractivity contribution is -0.128. The van der Waals surface area contributed by atoms with Crippen molar-refractivity contribution in [3.8, 4) is 16.9 Å². The number of nitrogens with zero attached hydrogens (tertiary/aromatic N) is 6. The first-order valence-electron chi connectivity index (χ1n) is 13.2. The lowest BCUT2D eigenvalue weighted by Gasteiger charge is -2.52. The van der Waals surface area contributed by atoms with Crippen LogP contribution in [0.4, 0.5) is 20.5 Å². The van der Waals surface area contributed by atoms with Crippen LogP contribution in [0.15, 0.2) is 36.9 Å². The maximum absolute atomic E-state index is 16.4. The van der Waals surface area contributed by atoms with Gasteiger partial charge in [-0.3, -0.25) is 4.79 Å². The zero-order valence-corrected chi connectivity index (χ0v) is 24.0. The summed E-state index contributed by atoms with van der Waals surface area (Å²) < 4.78 is 31.2. The molecule has 2 fully saturated rings. The lowest BCUT2D eigenvalue weighted by atomic mass is 9.91. The number of amides is 1. The van der Waals surface area contributed by atoms with Crippen LogP contribution in [0.25, 0.3) is 22.0 Å². The van der Waals surface area contributed by atoms with Crippen molar-refractivity contribution in [2.75, 3.05) is 50.1 Å². The van der Waals surface area contributed by atoms with Crippen LogP contribution in [0.2, 0.25) is 5.02 Å². The number of hydrogen-bond acceptors (Lipinski definition) is 7. The number of fused-ring (bicyclic) bond motifs is 1. The third-order valence-electron chi connectivity index (χ3n) is 8.23. The number of hydrogen-bond donors (Lipinski definition) is 1. The number of likely N-dealkylation sites (N-methyl/N-ethyl adjacent to an activating group) is 1. The summed E-state index contributed by atoms with van der Waals surface area (Å²) in [5.74, 6) is -1.40. The van der Waals surface area contributed by atoms with E-state index in [0.717, 1.165) is 6.07 Å². The Balaban J connectivity index is 0.00000387. The van der Waals surface area contributed by atoms with Gasteiger partial charge in [0.2, 0.25) is 11.9 Å². The minimum atomic E-state index is -0.843. The molecule has 1 N–H and O–H groups in total. The van der Waals surface area contributed by atoms with E-state index in [0.29, 0.717) is 43.3 Å². The van der Waals surface area contributed by atoms with Gasteiger partial charge in [0.15, 0.2) is 5.82 Å². The maximum Gasteiger partial charge on any atom is 0.246 e. The molecule has 2 aliphatic rings. The van der Waals surface area contributed by atoms with Gasteiger partial charge in [0.25, 0.3) is 0 Å². The fourth-order valence-corrected chi connectivity index (χ4v) is 5.85. The normalized spacial score (nSPS) is 20.2. The van der Waals surface area contributed by atoms with Crippen LogP contribution >= 0.6 is 11.6 Å². The van der Waals surface area contributed by atoms with Gasteiger partial charge in [0, 0.05) is 49.2 Å². The Kier molecular flexibility index (Phi) is 8.21. The minimum Gasteiger partial charge on any atom is -0.507 e. The van der Waals surface area contributed by atoms with Gasteiger partial charge in [0.1, 0.15) is 22.9 Å². The fourth-order valence-electron chi connectivity index (χ4n) is 5.56. The third kappa shape index (κ3) is 5.08. The number of carbonyl (C=O) groups is 1. The van der Waals surface area contributed by atoms with Gasteiger partial charge < -0.3 is 24.7 Å². The molecular weight excluding hydrogens is 550 g/mol. The van der Waals surface area contributed by atoms with Gasteiger partial charge in [-0.15, -0.1) is 0 Å². The number of phenols is 1. The molecule has 1 amide bonds. The highest BCUT2D eigenvalue weighted by atomic mass is 35.5. The van der Waals surface area contributed by atoms with Crippen LogP contribution in [-0.2, 0) is 4.79 Å². The van der Waals surface area contributed by atoms with Crippen LogP contribution in [0.5, 0.6) is 5.75 Å². The number of aromatic hydroxyl groups is 1. The van der Waals surface area contributed by atoms with Crippen molar-refractivity contribution in [1.29, 1.82) is 0 Å². The number of rotatable bonds is 5. The summed E-state index contributed by atoms with van der Waals surface area (Å²) >= 11 is 6.59. The van der Waals surface area contributed by atoms with Gasteiger partial charge in [-0.1, -0.05) is 31.7 Å². The molecule has 0 unspecified atom stereocenters. The smallest absolute Gasteiger partial charge is 0.246 e. The molecule has 2 saturated heterocycles. The van der Waals surface area contributed by atoms with E-state index in [1.54, 1.807) is 4.90 Å². The molecule has 1 aromatic heterocycles. The number of benzene rings is 2. The zero-order chi connectivity index (χ0) is 29.1. The van der Waals surface area contributed by atoms with Crippen LogP contribution in [0.3, 0.4) is 0 Å². The molecule has 0 radical (unpaired) electrons. The van der Waals surface area contributed by atoms with E-state index >= 15 is 4.39 Å². The Morgan fingerprint density at radius 2 is 1.85 bits per heavy atom. The Morgan fingerprint density at radius 1 is 1.17 bits per heavy atom. The molecule has 2 atom stereocenters. The second-order valence-corrected chi connectivity index (χ2v) is 11.6. The van der Waals surface area contributed by atoms with Crippen molar-refractivity contribution in [3.05, 3.63) is 53.6 Å². The molecule has 0 saturated carbocycles. The van der Waals surface area contributed by atoms with Gasteiger partial charge in [-0.25, -0.2) is 13.8 Å². The number of halogens is 3. The molecule has 2 aromatic carbocycles. The van der Waals surface area contributed by atoms with Crippen molar-refractivity contribution < 1.29 is 18.7 Å². The average Bonchev–Trinajstić information content (AvgIpc) is 2.88. The molecule has 220 valence electrons. The van der Waals surface area contributed by atoms with E-state index in [1.807, 2.05) is 37.7 Å². The molecule has 8 nitrogen and oxygen atoms in total. The van der Waals surface area contributed by atoms with E-state index in [2.05, 4.69) is 23.4 Å². The van der Waals surface area contributed by atoms with Gasteiger partial charge in [0.05, 0.1) is 16.1 Å². The van der Waals surface area contributed by atoms with Crippen molar-refractivity contribution in [2.24, 2.45) is 0 Å². The molecule has 3 heterocycles. The number of phenolic OH excluding ortho intramolecular Hbond substituents is 1. The largest absolute Gasteiger partial charge is 0.507 e.